The van der Waals surface area contributed by atoms with Crippen LogP contribution in [0.1, 0.15) is 23.7 Å². The summed E-state index contributed by atoms with van der Waals surface area (Å²) >= 11 is 0. The summed E-state index contributed by atoms with van der Waals surface area (Å²) in [6, 6.07) is 0.381. The Bertz CT molecular complexity index is 552. The summed E-state index contributed by atoms with van der Waals surface area (Å²) < 4.78 is 38.4. The molecule has 0 bridgehead atoms. The van der Waals surface area contributed by atoms with Gasteiger partial charge in [-0.15, -0.1) is 0 Å². The van der Waals surface area contributed by atoms with E-state index < -0.39 is 17.9 Å². The third kappa shape index (κ3) is 2.44. The zero-order chi connectivity index (χ0) is 13.3. The lowest BCUT2D eigenvalue weighted by molar-refractivity contribution is -0.141. The molecule has 0 aliphatic rings. The Hall–Kier alpha value is -1.67. The Morgan fingerprint density at radius 1 is 1.44 bits per heavy atom. The molecule has 0 aliphatic carbocycles. The van der Waals surface area contributed by atoms with Gasteiger partial charge in [-0.2, -0.15) is 18.3 Å². The molecule has 2 aromatic rings. The number of fused-ring (bicyclic) bond motifs is 1. The number of hydrogen-bond donors (Lipinski definition) is 2. The SMILES string of the molecule is NC(CCO)c1cnc2cc(C(F)(F)F)nn2c1. The van der Waals surface area contributed by atoms with Crippen molar-refractivity contribution in [2.75, 3.05) is 6.61 Å². The Morgan fingerprint density at radius 2 is 2.17 bits per heavy atom. The van der Waals surface area contributed by atoms with Gasteiger partial charge in [-0.05, 0) is 6.42 Å². The van der Waals surface area contributed by atoms with Gasteiger partial charge in [0.15, 0.2) is 11.3 Å². The number of alkyl halides is 3. The fourth-order valence-electron chi connectivity index (χ4n) is 1.53. The van der Waals surface area contributed by atoms with E-state index in [2.05, 4.69) is 10.1 Å². The Morgan fingerprint density at radius 3 is 2.78 bits per heavy atom. The van der Waals surface area contributed by atoms with Crippen molar-refractivity contribution in [3.63, 3.8) is 0 Å². The van der Waals surface area contributed by atoms with E-state index in [4.69, 9.17) is 10.8 Å². The highest BCUT2D eigenvalue weighted by Crippen LogP contribution is 2.28. The Kier molecular flexibility index (Phi) is 3.22. The number of nitrogens with zero attached hydrogens (tertiary/aromatic N) is 3. The number of aliphatic hydroxyl groups is 1. The average molecular weight is 260 g/mol. The van der Waals surface area contributed by atoms with Gasteiger partial charge < -0.3 is 10.8 Å². The molecule has 0 amide bonds. The summed E-state index contributed by atoms with van der Waals surface area (Å²) in [4.78, 5) is 3.86. The molecule has 0 aliphatic heterocycles. The van der Waals surface area contributed by atoms with Crippen LogP contribution in [-0.2, 0) is 6.18 Å². The Labute approximate surface area is 100 Å². The van der Waals surface area contributed by atoms with Crippen molar-refractivity contribution < 1.29 is 18.3 Å². The molecule has 0 aromatic carbocycles. The van der Waals surface area contributed by atoms with Crippen LogP contribution in [0.2, 0.25) is 0 Å². The fraction of sp³-hybridized carbons (Fsp3) is 0.400. The minimum atomic E-state index is -4.50. The van der Waals surface area contributed by atoms with E-state index in [9.17, 15) is 13.2 Å². The van der Waals surface area contributed by atoms with Gasteiger partial charge in [-0.1, -0.05) is 0 Å². The van der Waals surface area contributed by atoms with E-state index >= 15 is 0 Å². The van der Waals surface area contributed by atoms with Crippen LogP contribution in [0, 0.1) is 0 Å². The first kappa shape index (κ1) is 12.8. The monoisotopic (exact) mass is 260 g/mol. The van der Waals surface area contributed by atoms with Crippen molar-refractivity contribution in [3.8, 4) is 0 Å². The van der Waals surface area contributed by atoms with E-state index in [1.165, 1.54) is 12.4 Å². The molecule has 1 atom stereocenters. The smallest absolute Gasteiger partial charge is 0.396 e. The Balaban J connectivity index is 2.40. The highest BCUT2D eigenvalue weighted by Gasteiger charge is 2.34. The lowest BCUT2D eigenvalue weighted by Gasteiger charge is -2.09. The van der Waals surface area contributed by atoms with E-state index in [1.54, 1.807) is 0 Å². The molecule has 98 valence electrons. The minimum Gasteiger partial charge on any atom is -0.396 e. The molecule has 1 unspecified atom stereocenters. The number of aliphatic hydroxyl groups excluding tert-OH is 1. The zero-order valence-corrected chi connectivity index (χ0v) is 9.22. The maximum absolute atomic E-state index is 12.4. The van der Waals surface area contributed by atoms with Crippen molar-refractivity contribution >= 4 is 5.65 Å². The van der Waals surface area contributed by atoms with Gasteiger partial charge in [0.05, 0.1) is 0 Å². The van der Waals surface area contributed by atoms with Crippen LogP contribution < -0.4 is 5.73 Å². The predicted molar refractivity (Wildman–Crippen MR) is 56.6 cm³/mol. The molecule has 0 radical (unpaired) electrons. The van der Waals surface area contributed by atoms with Crippen molar-refractivity contribution in [1.82, 2.24) is 14.6 Å². The van der Waals surface area contributed by atoms with Crippen LogP contribution in [0.4, 0.5) is 13.2 Å². The maximum atomic E-state index is 12.4. The highest BCUT2D eigenvalue weighted by atomic mass is 19.4. The number of rotatable bonds is 3. The summed E-state index contributed by atoms with van der Waals surface area (Å²) in [6.45, 7) is -0.105. The molecule has 5 nitrogen and oxygen atoms in total. The molecule has 0 saturated carbocycles. The van der Waals surface area contributed by atoms with Gasteiger partial charge >= 0.3 is 6.18 Å². The molecule has 2 aromatic heterocycles. The van der Waals surface area contributed by atoms with Gasteiger partial charge in [-0.25, -0.2) is 9.50 Å². The zero-order valence-electron chi connectivity index (χ0n) is 9.22. The fourth-order valence-corrected chi connectivity index (χ4v) is 1.53. The molecule has 3 N–H and O–H groups in total. The molecule has 0 saturated heterocycles. The maximum Gasteiger partial charge on any atom is 0.435 e. The summed E-state index contributed by atoms with van der Waals surface area (Å²) in [5, 5.41) is 12.1. The first-order chi connectivity index (χ1) is 8.41. The molecule has 0 spiro atoms. The molecule has 18 heavy (non-hydrogen) atoms. The summed E-state index contributed by atoms with van der Waals surface area (Å²) in [6.07, 6.45) is -1.42. The number of nitrogens with two attached hydrogens (primary N) is 1. The third-order valence-electron chi connectivity index (χ3n) is 2.49. The van der Waals surface area contributed by atoms with Gasteiger partial charge in [0.2, 0.25) is 0 Å². The topological polar surface area (TPSA) is 76.4 Å². The predicted octanol–water partition coefficient (Wildman–Crippen LogP) is 1.13. The van der Waals surface area contributed by atoms with Gasteiger partial charge in [0.25, 0.3) is 0 Å². The molecular formula is C10H11F3N4O. The van der Waals surface area contributed by atoms with E-state index in [0.29, 0.717) is 12.0 Å². The second kappa shape index (κ2) is 4.54. The van der Waals surface area contributed by atoms with E-state index in [0.717, 1.165) is 10.6 Å². The summed E-state index contributed by atoms with van der Waals surface area (Å²) in [7, 11) is 0. The van der Waals surface area contributed by atoms with Gasteiger partial charge in [0.1, 0.15) is 0 Å². The molecule has 8 heteroatoms. The largest absolute Gasteiger partial charge is 0.435 e. The van der Waals surface area contributed by atoms with E-state index in [1.807, 2.05) is 0 Å². The quantitative estimate of drug-likeness (QED) is 0.867. The van der Waals surface area contributed by atoms with Crippen LogP contribution in [0.3, 0.4) is 0 Å². The van der Waals surface area contributed by atoms with Crippen molar-refractivity contribution in [2.24, 2.45) is 5.73 Å². The molecule has 0 fully saturated rings. The number of aromatic nitrogens is 3. The molecule has 2 rings (SSSR count). The van der Waals surface area contributed by atoms with Crippen LogP contribution in [0.25, 0.3) is 5.65 Å². The average Bonchev–Trinajstić information content (AvgIpc) is 2.71. The molecular weight excluding hydrogens is 249 g/mol. The van der Waals surface area contributed by atoms with Gasteiger partial charge in [0, 0.05) is 36.7 Å². The standard InChI is InChI=1S/C10H11F3N4O/c11-10(12,13)8-3-9-15-4-6(5-17(9)16-8)7(14)1-2-18/h3-5,7,18H,1-2,14H2. The number of hydrogen-bond acceptors (Lipinski definition) is 4. The van der Waals surface area contributed by atoms with Crippen molar-refractivity contribution in [2.45, 2.75) is 18.6 Å². The number of halogens is 3. The lowest BCUT2D eigenvalue weighted by atomic mass is 10.1. The normalized spacial score (nSPS) is 14.1. The van der Waals surface area contributed by atoms with Crippen LogP contribution in [-0.4, -0.2) is 26.3 Å². The molecule has 2 heterocycles. The second-order valence-corrected chi connectivity index (χ2v) is 3.84. The highest BCUT2D eigenvalue weighted by molar-refractivity contribution is 5.40. The van der Waals surface area contributed by atoms with E-state index in [-0.39, 0.29) is 12.3 Å². The lowest BCUT2D eigenvalue weighted by Crippen LogP contribution is -2.13. The van der Waals surface area contributed by atoms with Crippen LogP contribution in [0.15, 0.2) is 18.5 Å². The van der Waals surface area contributed by atoms with Gasteiger partial charge in [-0.3, -0.25) is 0 Å². The second-order valence-electron chi connectivity index (χ2n) is 3.84. The van der Waals surface area contributed by atoms with Crippen molar-refractivity contribution in [3.05, 3.63) is 29.7 Å². The third-order valence-corrected chi connectivity index (χ3v) is 2.49. The summed E-state index contributed by atoms with van der Waals surface area (Å²) in [5.41, 5.74) is 5.35. The first-order valence-electron chi connectivity index (χ1n) is 5.21. The summed E-state index contributed by atoms with van der Waals surface area (Å²) in [5.74, 6) is 0. The van der Waals surface area contributed by atoms with Crippen LogP contribution in [0.5, 0.6) is 0 Å². The van der Waals surface area contributed by atoms with Crippen molar-refractivity contribution in [1.29, 1.82) is 0 Å². The van der Waals surface area contributed by atoms with Crippen LogP contribution >= 0.6 is 0 Å². The minimum absolute atomic E-state index is 0.0993. The first-order valence-corrected chi connectivity index (χ1v) is 5.21.